The van der Waals surface area contributed by atoms with Gasteiger partial charge in [0.15, 0.2) is 0 Å². The van der Waals surface area contributed by atoms with Gasteiger partial charge in [0.2, 0.25) is 0 Å². The lowest BCUT2D eigenvalue weighted by atomic mass is 10.0. The Bertz CT molecular complexity index is 705. The van der Waals surface area contributed by atoms with Crippen molar-refractivity contribution < 1.29 is 5.11 Å². The standard InChI is InChI=1S/C15H13N3O/c1-10-6-18-14(9-17-10)15(19)13-8-16-7-11-4-2-3-5-12(11)13/h2-9,15,19H,1H3. The third kappa shape index (κ3) is 2.18. The van der Waals surface area contributed by atoms with E-state index < -0.39 is 6.10 Å². The molecule has 3 rings (SSSR count). The first-order valence-electron chi connectivity index (χ1n) is 6.05. The first kappa shape index (κ1) is 11.7. The molecule has 1 atom stereocenters. The van der Waals surface area contributed by atoms with Crippen LogP contribution < -0.4 is 0 Å². The summed E-state index contributed by atoms with van der Waals surface area (Å²) in [6.45, 7) is 1.86. The van der Waals surface area contributed by atoms with E-state index in [2.05, 4.69) is 15.0 Å². The van der Waals surface area contributed by atoms with Crippen LogP contribution in [0.2, 0.25) is 0 Å². The monoisotopic (exact) mass is 251 g/mol. The van der Waals surface area contributed by atoms with E-state index in [-0.39, 0.29) is 0 Å². The fraction of sp³-hybridized carbons (Fsp3) is 0.133. The summed E-state index contributed by atoms with van der Waals surface area (Å²) < 4.78 is 0. The summed E-state index contributed by atoms with van der Waals surface area (Å²) in [7, 11) is 0. The molecule has 1 N–H and O–H groups in total. The number of aryl methyl sites for hydroxylation is 1. The van der Waals surface area contributed by atoms with E-state index in [9.17, 15) is 5.11 Å². The highest BCUT2D eigenvalue weighted by Crippen LogP contribution is 2.26. The maximum absolute atomic E-state index is 10.4. The highest BCUT2D eigenvalue weighted by molar-refractivity contribution is 5.85. The summed E-state index contributed by atoms with van der Waals surface area (Å²) in [4.78, 5) is 12.6. The lowest BCUT2D eigenvalue weighted by Gasteiger charge is -2.12. The molecule has 0 saturated carbocycles. The molecule has 4 nitrogen and oxygen atoms in total. The molecule has 0 spiro atoms. The number of hydrogen-bond donors (Lipinski definition) is 1. The third-order valence-corrected chi connectivity index (χ3v) is 3.07. The first-order chi connectivity index (χ1) is 9.25. The summed E-state index contributed by atoms with van der Waals surface area (Å²) >= 11 is 0. The largest absolute Gasteiger partial charge is 0.382 e. The number of aliphatic hydroxyl groups is 1. The number of pyridine rings is 1. The van der Waals surface area contributed by atoms with Gasteiger partial charge in [0.1, 0.15) is 6.10 Å². The van der Waals surface area contributed by atoms with Crippen LogP contribution in [0.1, 0.15) is 23.1 Å². The molecule has 1 aromatic carbocycles. The number of aromatic nitrogens is 3. The minimum absolute atomic E-state index is 0.531. The van der Waals surface area contributed by atoms with E-state index >= 15 is 0 Å². The number of hydrogen-bond acceptors (Lipinski definition) is 4. The first-order valence-corrected chi connectivity index (χ1v) is 6.05. The molecule has 1 unspecified atom stereocenters. The average Bonchev–Trinajstić information content (AvgIpc) is 2.47. The van der Waals surface area contributed by atoms with Gasteiger partial charge >= 0.3 is 0 Å². The van der Waals surface area contributed by atoms with E-state index in [4.69, 9.17) is 0 Å². The van der Waals surface area contributed by atoms with E-state index in [1.165, 1.54) is 0 Å². The molecular formula is C15H13N3O. The maximum atomic E-state index is 10.4. The zero-order valence-corrected chi connectivity index (χ0v) is 10.5. The molecule has 0 aliphatic rings. The molecule has 0 saturated heterocycles. The van der Waals surface area contributed by atoms with Crippen LogP contribution in [0.15, 0.2) is 49.1 Å². The van der Waals surface area contributed by atoms with Crippen molar-refractivity contribution in [3.05, 3.63) is 66.0 Å². The van der Waals surface area contributed by atoms with Gasteiger partial charge < -0.3 is 5.11 Å². The molecule has 0 aliphatic heterocycles. The molecular weight excluding hydrogens is 238 g/mol. The van der Waals surface area contributed by atoms with Crippen LogP contribution in [0.3, 0.4) is 0 Å². The molecule has 2 heterocycles. The van der Waals surface area contributed by atoms with Gasteiger partial charge in [-0.2, -0.15) is 0 Å². The predicted octanol–water partition coefficient (Wildman–Crippen LogP) is 2.41. The minimum Gasteiger partial charge on any atom is -0.382 e. The quantitative estimate of drug-likeness (QED) is 0.760. The van der Waals surface area contributed by atoms with Crippen LogP contribution in [0, 0.1) is 6.92 Å². The SMILES string of the molecule is Cc1cnc(C(O)c2cncc3ccccc23)cn1. The Kier molecular flexibility index (Phi) is 2.93. The second-order valence-electron chi connectivity index (χ2n) is 4.44. The van der Waals surface area contributed by atoms with Crippen LogP contribution in [0.5, 0.6) is 0 Å². The van der Waals surface area contributed by atoms with E-state index in [0.29, 0.717) is 5.69 Å². The Morgan fingerprint density at radius 3 is 2.63 bits per heavy atom. The van der Waals surface area contributed by atoms with Gasteiger partial charge in [-0.15, -0.1) is 0 Å². The molecule has 0 amide bonds. The Morgan fingerprint density at radius 1 is 1.00 bits per heavy atom. The van der Waals surface area contributed by atoms with Crippen molar-refractivity contribution in [1.29, 1.82) is 0 Å². The zero-order valence-electron chi connectivity index (χ0n) is 10.5. The van der Waals surface area contributed by atoms with Crippen molar-refractivity contribution in [2.24, 2.45) is 0 Å². The summed E-state index contributed by atoms with van der Waals surface area (Å²) in [5.41, 5.74) is 2.10. The summed E-state index contributed by atoms with van der Waals surface area (Å²) in [6.07, 6.45) is 5.89. The molecule has 2 aromatic heterocycles. The van der Waals surface area contributed by atoms with Crippen LogP contribution in [-0.4, -0.2) is 20.1 Å². The molecule has 0 radical (unpaired) electrons. The Morgan fingerprint density at radius 2 is 1.84 bits per heavy atom. The van der Waals surface area contributed by atoms with Gasteiger partial charge in [0, 0.05) is 29.5 Å². The molecule has 94 valence electrons. The number of rotatable bonds is 2. The molecule has 3 aromatic rings. The number of fused-ring (bicyclic) bond motifs is 1. The van der Waals surface area contributed by atoms with Crippen LogP contribution >= 0.6 is 0 Å². The highest BCUT2D eigenvalue weighted by atomic mass is 16.3. The second-order valence-corrected chi connectivity index (χ2v) is 4.44. The summed E-state index contributed by atoms with van der Waals surface area (Å²) in [5, 5.41) is 12.4. The number of nitrogens with zero attached hydrogens (tertiary/aromatic N) is 3. The fourth-order valence-electron chi connectivity index (χ4n) is 2.06. The van der Waals surface area contributed by atoms with E-state index in [0.717, 1.165) is 22.0 Å². The fourth-order valence-corrected chi connectivity index (χ4v) is 2.06. The minimum atomic E-state index is -0.813. The van der Waals surface area contributed by atoms with Gasteiger partial charge in [0.25, 0.3) is 0 Å². The van der Waals surface area contributed by atoms with Crippen LogP contribution in [-0.2, 0) is 0 Å². The molecule has 4 heteroatoms. The second kappa shape index (κ2) is 4.74. The number of benzene rings is 1. The van der Waals surface area contributed by atoms with E-state index in [1.54, 1.807) is 24.8 Å². The van der Waals surface area contributed by atoms with Crippen LogP contribution in [0.4, 0.5) is 0 Å². The van der Waals surface area contributed by atoms with Gasteiger partial charge in [-0.05, 0) is 12.3 Å². The average molecular weight is 251 g/mol. The van der Waals surface area contributed by atoms with E-state index in [1.807, 2.05) is 31.2 Å². The molecule has 0 aliphatic carbocycles. The van der Waals surface area contributed by atoms with Crippen molar-refractivity contribution >= 4 is 10.8 Å². The zero-order chi connectivity index (χ0) is 13.2. The molecule has 0 bridgehead atoms. The van der Waals surface area contributed by atoms with Crippen LogP contribution in [0.25, 0.3) is 10.8 Å². The summed E-state index contributed by atoms with van der Waals surface area (Å²) in [6, 6.07) is 7.84. The lowest BCUT2D eigenvalue weighted by molar-refractivity contribution is 0.216. The highest BCUT2D eigenvalue weighted by Gasteiger charge is 2.15. The van der Waals surface area contributed by atoms with Crippen molar-refractivity contribution in [1.82, 2.24) is 15.0 Å². The Hall–Kier alpha value is -2.33. The topological polar surface area (TPSA) is 58.9 Å². The normalized spacial score (nSPS) is 12.5. The Balaban J connectivity index is 2.11. The van der Waals surface area contributed by atoms with Crippen molar-refractivity contribution in [3.8, 4) is 0 Å². The molecule has 0 fully saturated rings. The van der Waals surface area contributed by atoms with Crippen molar-refractivity contribution in [3.63, 3.8) is 0 Å². The molecule has 19 heavy (non-hydrogen) atoms. The van der Waals surface area contributed by atoms with Gasteiger partial charge in [-0.25, -0.2) is 0 Å². The van der Waals surface area contributed by atoms with Crippen molar-refractivity contribution in [2.75, 3.05) is 0 Å². The van der Waals surface area contributed by atoms with Gasteiger partial charge in [0.05, 0.1) is 17.6 Å². The Labute approximate surface area is 110 Å². The summed E-state index contributed by atoms with van der Waals surface area (Å²) in [5.74, 6) is 0. The third-order valence-electron chi connectivity index (χ3n) is 3.07. The predicted molar refractivity (Wildman–Crippen MR) is 72.6 cm³/mol. The lowest BCUT2D eigenvalue weighted by Crippen LogP contribution is -2.04. The van der Waals surface area contributed by atoms with Gasteiger partial charge in [-0.1, -0.05) is 24.3 Å². The number of aliphatic hydroxyl groups excluding tert-OH is 1. The maximum Gasteiger partial charge on any atom is 0.125 e. The van der Waals surface area contributed by atoms with Crippen molar-refractivity contribution in [2.45, 2.75) is 13.0 Å². The van der Waals surface area contributed by atoms with Gasteiger partial charge in [-0.3, -0.25) is 15.0 Å². The smallest absolute Gasteiger partial charge is 0.125 e.